The maximum atomic E-state index is 12.1. The average Bonchev–Trinajstić information content (AvgIpc) is 2.33. The summed E-state index contributed by atoms with van der Waals surface area (Å²) in [6, 6.07) is 0. The molecule has 1 amide bonds. The monoisotopic (exact) mass is 331 g/mol. The second kappa shape index (κ2) is 7.66. The van der Waals surface area contributed by atoms with Gasteiger partial charge in [-0.15, -0.1) is 0 Å². The van der Waals surface area contributed by atoms with Crippen molar-refractivity contribution in [1.82, 2.24) is 5.32 Å². The van der Waals surface area contributed by atoms with E-state index in [1.165, 1.54) is 12.8 Å². The Morgan fingerprint density at radius 1 is 1.26 bits per heavy atom. The molecule has 0 aromatic rings. The number of alkyl halides is 1. The molecule has 0 radical (unpaired) electrons. The fourth-order valence-corrected chi connectivity index (χ4v) is 3.28. The average molecular weight is 332 g/mol. The van der Waals surface area contributed by atoms with Gasteiger partial charge in [-0.1, -0.05) is 43.6 Å². The Kier molecular flexibility index (Phi) is 6.85. The molecule has 1 aliphatic rings. The molecule has 1 fully saturated rings. The Morgan fingerprint density at radius 3 is 2.32 bits per heavy atom. The number of halogens is 1. The third kappa shape index (κ3) is 6.29. The maximum absolute atomic E-state index is 12.1. The van der Waals surface area contributed by atoms with E-state index >= 15 is 0 Å². The van der Waals surface area contributed by atoms with Gasteiger partial charge in [-0.3, -0.25) is 4.79 Å². The summed E-state index contributed by atoms with van der Waals surface area (Å²) in [7, 11) is 0. The zero-order valence-corrected chi connectivity index (χ0v) is 14.6. The minimum Gasteiger partial charge on any atom is -0.356 e. The van der Waals surface area contributed by atoms with Gasteiger partial charge in [0.25, 0.3) is 0 Å². The van der Waals surface area contributed by atoms with Gasteiger partial charge in [0.1, 0.15) is 0 Å². The first-order chi connectivity index (χ1) is 8.80. The van der Waals surface area contributed by atoms with Crippen LogP contribution >= 0.6 is 15.9 Å². The minimum absolute atomic E-state index is 0.264. The SMILES string of the molecule is CC(Br)CCCNC(=O)C1CCC(C(C)(C)C)CC1. The van der Waals surface area contributed by atoms with Crippen LogP contribution < -0.4 is 5.32 Å². The van der Waals surface area contributed by atoms with Crippen molar-refractivity contribution in [3.8, 4) is 0 Å². The predicted octanol–water partition coefficient (Wildman–Crippen LogP) is 4.52. The molecule has 1 atom stereocenters. The van der Waals surface area contributed by atoms with Crippen molar-refractivity contribution < 1.29 is 4.79 Å². The molecule has 0 bridgehead atoms. The van der Waals surface area contributed by atoms with Gasteiger partial charge < -0.3 is 5.32 Å². The molecule has 0 heterocycles. The van der Waals surface area contributed by atoms with Crippen molar-refractivity contribution in [2.24, 2.45) is 17.3 Å². The molecule has 1 N–H and O–H groups in total. The van der Waals surface area contributed by atoms with E-state index in [2.05, 4.69) is 48.9 Å². The third-order valence-electron chi connectivity index (χ3n) is 4.40. The van der Waals surface area contributed by atoms with Crippen LogP contribution in [0.4, 0.5) is 0 Å². The largest absolute Gasteiger partial charge is 0.356 e. The maximum Gasteiger partial charge on any atom is 0.223 e. The molecule has 3 heteroatoms. The summed E-state index contributed by atoms with van der Waals surface area (Å²) in [6.07, 6.45) is 6.75. The standard InChI is InChI=1S/C16H30BrNO/c1-12(17)6-5-11-18-15(19)13-7-9-14(10-8-13)16(2,3)4/h12-14H,5-11H2,1-4H3,(H,18,19). The van der Waals surface area contributed by atoms with Crippen LogP contribution in [0.5, 0.6) is 0 Å². The predicted molar refractivity (Wildman–Crippen MR) is 85.5 cm³/mol. The van der Waals surface area contributed by atoms with Gasteiger partial charge in [-0.2, -0.15) is 0 Å². The van der Waals surface area contributed by atoms with Crippen LogP contribution in [0.25, 0.3) is 0 Å². The second-order valence-corrected chi connectivity index (χ2v) is 8.69. The van der Waals surface area contributed by atoms with Gasteiger partial charge in [0.05, 0.1) is 0 Å². The van der Waals surface area contributed by atoms with Crippen molar-refractivity contribution >= 4 is 21.8 Å². The zero-order chi connectivity index (χ0) is 14.5. The van der Waals surface area contributed by atoms with Gasteiger partial charge in [-0.25, -0.2) is 0 Å². The molecule has 2 nitrogen and oxygen atoms in total. The highest BCUT2D eigenvalue weighted by molar-refractivity contribution is 9.09. The third-order valence-corrected chi connectivity index (χ3v) is 4.86. The van der Waals surface area contributed by atoms with Crippen molar-refractivity contribution in [3.63, 3.8) is 0 Å². The van der Waals surface area contributed by atoms with E-state index in [0.717, 1.165) is 38.1 Å². The van der Waals surface area contributed by atoms with E-state index in [9.17, 15) is 4.79 Å². The Hall–Kier alpha value is -0.0500. The van der Waals surface area contributed by atoms with Crippen LogP contribution in [-0.4, -0.2) is 17.3 Å². The summed E-state index contributed by atoms with van der Waals surface area (Å²) < 4.78 is 0. The zero-order valence-electron chi connectivity index (χ0n) is 13.0. The summed E-state index contributed by atoms with van der Waals surface area (Å²) in [4.78, 5) is 12.6. The fourth-order valence-electron chi connectivity index (χ4n) is 2.96. The lowest BCUT2D eigenvalue weighted by Crippen LogP contribution is -2.35. The summed E-state index contributed by atoms with van der Waals surface area (Å²) in [5.74, 6) is 1.33. The Balaban J connectivity index is 2.22. The quantitative estimate of drug-likeness (QED) is 0.582. The van der Waals surface area contributed by atoms with E-state index < -0.39 is 0 Å². The van der Waals surface area contributed by atoms with Crippen molar-refractivity contribution in [2.75, 3.05) is 6.54 Å². The number of carbonyl (C=O) groups is 1. The van der Waals surface area contributed by atoms with Gasteiger partial charge >= 0.3 is 0 Å². The number of nitrogens with one attached hydrogen (secondary N) is 1. The van der Waals surface area contributed by atoms with Crippen LogP contribution in [0.1, 0.15) is 66.2 Å². The van der Waals surface area contributed by atoms with Gasteiger partial charge in [0, 0.05) is 17.3 Å². The number of carbonyl (C=O) groups excluding carboxylic acids is 1. The topological polar surface area (TPSA) is 29.1 Å². The molecule has 0 aromatic heterocycles. The van der Waals surface area contributed by atoms with E-state index in [1.807, 2.05) is 0 Å². The van der Waals surface area contributed by atoms with E-state index in [4.69, 9.17) is 0 Å². The fraction of sp³-hybridized carbons (Fsp3) is 0.938. The second-order valence-electron chi connectivity index (χ2n) is 7.13. The molecule has 0 saturated heterocycles. The lowest BCUT2D eigenvalue weighted by molar-refractivity contribution is -0.126. The Labute approximate surface area is 127 Å². The summed E-state index contributed by atoms with van der Waals surface area (Å²) in [5, 5.41) is 3.10. The molecular weight excluding hydrogens is 302 g/mol. The smallest absolute Gasteiger partial charge is 0.223 e. The molecule has 0 spiro atoms. The summed E-state index contributed by atoms with van der Waals surface area (Å²) in [6.45, 7) is 9.93. The molecule has 1 rings (SSSR count). The van der Waals surface area contributed by atoms with Crippen LogP contribution in [0.3, 0.4) is 0 Å². The van der Waals surface area contributed by atoms with E-state index in [0.29, 0.717) is 10.2 Å². The molecule has 19 heavy (non-hydrogen) atoms. The van der Waals surface area contributed by atoms with Crippen LogP contribution in [0, 0.1) is 17.3 Å². The highest BCUT2D eigenvalue weighted by Gasteiger charge is 2.32. The van der Waals surface area contributed by atoms with Gasteiger partial charge in [-0.05, 0) is 49.9 Å². The van der Waals surface area contributed by atoms with Crippen molar-refractivity contribution in [3.05, 3.63) is 0 Å². The first-order valence-corrected chi connectivity index (χ1v) is 8.64. The van der Waals surface area contributed by atoms with Crippen LogP contribution in [-0.2, 0) is 4.79 Å². The minimum atomic E-state index is 0.264. The normalized spacial score (nSPS) is 25.9. The van der Waals surface area contributed by atoms with Crippen molar-refractivity contribution in [2.45, 2.75) is 71.0 Å². The van der Waals surface area contributed by atoms with Crippen molar-refractivity contribution in [1.29, 1.82) is 0 Å². The van der Waals surface area contributed by atoms with E-state index in [-0.39, 0.29) is 11.8 Å². The number of hydrogen-bond acceptors (Lipinski definition) is 1. The number of amides is 1. The molecule has 1 unspecified atom stereocenters. The molecule has 112 valence electrons. The summed E-state index contributed by atoms with van der Waals surface area (Å²) in [5.41, 5.74) is 0.396. The first kappa shape index (κ1) is 17.0. The highest BCUT2D eigenvalue weighted by atomic mass is 79.9. The Morgan fingerprint density at radius 2 is 1.84 bits per heavy atom. The number of rotatable bonds is 5. The lowest BCUT2D eigenvalue weighted by atomic mass is 9.69. The van der Waals surface area contributed by atoms with E-state index in [1.54, 1.807) is 0 Å². The summed E-state index contributed by atoms with van der Waals surface area (Å²) >= 11 is 3.53. The highest BCUT2D eigenvalue weighted by Crippen LogP contribution is 2.39. The molecule has 1 aliphatic carbocycles. The number of hydrogen-bond donors (Lipinski definition) is 1. The van der Waals surface area contributed by atoms with Crippen LogP contribution in [0.2, 0.25) is 0 Å². The first-order valence-electron chi connectivity index (χ1n) is 7.72. The lowest BCUT2D eigenvalue weighted by Gasteiger charge is -2.36. The molecule has 1 saturated carbocycles. The molecule has 0 aliphatic heterocycles. The molecular formula is C16H30BrNO. The van der Waals surface area contributed by atoms with Crippen LogP contribution in [0.15, 0.2) is 0 Å². The Bertz CT molecular complexity index is 275. The van der Waals surface area contributed by atoms with Gasteiger partial charge in [0.15, 0.2) is 0 Å². The molecule has 0 aromatic carbocycles. The van der Waals surface area contributed by atoms with Gasteiger partial charge in [0.2, 0.25) is 5.91 Å².